The van der Waals surface area contributed by atoms with E-state index in [4.69, 9.17) is 4.74 Å². The highest BCUT2D eigenvalue weighted by Crippen LogP contribution is 2.12. The molecule has 0 bridgehead atoms. The molecule has 0 N–H and O–H groups in total. The van der Waals surface area contributed by atoms with Gasteiger partial charge in [-0.15, -0.1) is 0 Å². The predicted molar refractivity (Wildman–Crippen MR) is 95.8 cm³/mol. The van der Waals surface area contributed by atoms with Gasteiger partial charge in [0.15, 0.2) is 5.78 Å². The Morgan fingerprint density at radius 3 is 2.17 bits per heavy atom. The van der Waals surface area contributed by atoms with E-state index < -0.39 is 5.60 Å². The first kappa shape index (κ1) is 17.7. The molecule has 2 rings (SSSR count). The zero-order valence-electron chi connectivity index (χ0n) is 14.3. The van der Waals surface area contributed by atoms with Gasteiger partial charge in [-0.05, 0) is 38.0 Å². The van der Waals surface area contributed by atoms with E-state index in [0.29, 0.717) is 12.0 Å². The Kier molecular flexibility index (Phi) is 5.69. The van der Waals surface area contributed by atoms with Crippen LogP contribution in [-0.2, 0) is 16.0 Å². The first-order valence-corrected chi connectivity index (χ1v) is 7.92. The molecule has 0 amide bonds. The smallest absolute Gasteiger partial charge is 0.331 e. The minimum Gasteiger partial charge on any atom is -0.457 e. The molecular formula is C21H22O3. The Morgan fingerprint density at radius 2 is 1.58 bits per heavy atom. The van der Waals surface area contributed by atoms with Crippen LogP contribution in [0.2, 0.25) is 0 Å². The minimum absolute atomic E-state index is 0.0730. The molecule has 24 heavy (non-hydrogen) atoms. The molecule has 0 saturated heterocycles. The van der Waals surface area contributed by atoms with Gasteiger partial charge in [0.2, 0.25) is 0 Å². The first-order valence-electron chi connectivity index (χ1n) is 7.92. The lowest BCUT2D eigenvalue weighted by molar-refractivity contribution is -0.148. The van der Waals surface area contributed by atoms with Crippen molar-refractivity contribution in [1.29, 1.82) is 0 Å². The number of Topliss-reactive ketones (excluding diaryl/α,β-unsaturated/α-hetero) is 1. The van der Waals surface area contributed by atoms with Crippen LogP contribution in [0.4, 0.5) is 0 Å². The third-order valence-corrected chi connectivity index (χ3v) is 3.26. The molecule has 0 heterocycles. The number of esters is 1. The summed E-state index contributed by atoms with van der Waals surface area (Å²) in [6, 6.07) is 16.9. The number of hydrogen-bond acceptors (Lipinski definition) is 3. The van der Waals surface area contributed by atoms with Crippen LogP contribution in [0.1, 0.15) is 42.3 Å². The van der Waals surface area contributed by atoms with Gasteiger partial charge in [0, 0.05) is 18.1 Å². The lowest BCUT2D eigenvalue weighted by atomic mass is 10.0. The van der Waals surface area contributed by atoms with Crippen LogP contribution in [0.5, 0.6) is 0 Å². The van der Waals surface area contributed by atoms with Crippen LogP contribution in [0.25, 0.3) is 6.08 Å². The van der Waals surface area contributed by atoms with Gasteiger partial charge in [-0.25, -0.2) is 4.79 Å². The van der Waals surface area contributed by atoms with E-state index in [1.165, 1.54) is 6.08 Å². The lowest BCUT2D eigenvalue weighted by Gasteiger charge is -2.17. The molecule has 0 atom stereocenters. The van der Waals surface area contributed by atoms with E-state index in [1.54, 1.807) is 18.2 Å². The highest BCUT2D eigenvalue weighted by atomic mass is 16.6. The summed E-state index contributed by atoms with van der Waals surface area (Å²) in [5.41, 5.74) is 2.00. The van der Waals surface area contributed by atoms with Crippen LogP contribution < -0.4 is 0 Å². The van der Waals surface area contributed by atoms with Crippen molar-refractivity contribution >= 4 is 17.8 Å². The molecule has 0 radical (unpaired) electrons. The van der Waals surface area contributed by atoms with Crippen LogP contribution in [0.3, 0.4) is 0 Å². The first-order chi connectivity index (χ1) is 11.3. The second-order valence-electron chi connectivity index (χ2n) is 6.57. The summed E-state index contributed by atoms with van der Waals surface area (Å²) in [6.45, 7) is 5.48. The Morgan fingerprint density at radius 1 is 0.958 bits per heavy atom. The number of rotatable bonds is 5. The van der Waals surface area contributed by atoms with Gasteiger partial charge < -0.3 is 4.74 Å². The second-order valence-corrected chi connectivity index (χ2v) is 6.57. The summed E-state index contributed by atoms with van der Waals surface area (Å²) in [4.78, 5) is 23.9. The van der Waals surface area contributed by atoms with E-state index in [2.05, 4.69) is 0 Å². The fraction of sp³-hybridized carbons (Fsp3) is 0.238. The minimum atomic E-state index is -0.505. The average molecular weight is 322 g/mol. The van der Waals surface area contributed by atoms with Crippen molar-refractivity contribution in [2.45, 2.75) is 32.8 Å². The highest BCUT2D eigenvalue weighted by molar-refractivity contribution is 5.97. The molecule has 3 nitrogen and oxygen atoms in total. The Labute approximate surface area is 143 Å². The van der Waals surface area contributed by atoms with Crippen molar-refractivity contribution in [2.75, 3.05) is 0 Å². The fourth-order valence-corrected chi connectivity index (χ4v) is 2.16. The topological polar surface area (TPSA) is 43.4 Å². The molecule has 3 heteroatoms. The maximum absolute atomic E-state index is 12.3. The van der Waals surface area contributed by atoms with Crippen LogP contribution in [0.15, 0.2) is 60.7 Å². The molecule has 2 aromatic carbocycles. The van der Waals surface area contributed by atoms with E-state index in [9.17, 15) is 9.59 Å². The Bertz CT molecular complexity index is 720. The summed E-state index contributed by atoms with van der Waals surface area (Å²) in [7, 11) is 0. The third-order valence-electron chi connectivity index (χ3n) is 3.26. The molecule has 0 aliphatic rings. The maximum atomic E-state index is 12.3. The summed E-state index contributed by atoms with van der Waals surface area (Å²) in [6.07, 6.45) is 3.46. The quantitative estimate of drug-likeness (QED) is 0.463. The van der Waals surface area contributed by atoms with Gasteiger partial charge in [-0.1, -0.05) is 54.6 Å². The summed E-state index contributed by atoms with van der Waals surface area (Å²) in [5, 5.41) is 0. The predicted octanol–water partition coefficient (Wildman–Crippen LogP) is 4.47. The molecule has 2 aromatic rings. The monoisotopic (exact) mass is 322 g/mol. The molecule has 0 spiro atoms. The standard InChI is InChI=1S/C21H22O3/c1-21(2,3)24-20(23)14-11-16-9-12-18(13-10-16)19(22)15-17-7-5-4-6-8-17/h4-14H,15H2,1-3H3/b14-11+. The normalized spacial score (nSPS) is 11.5. The van der Waals surface area contributed by atoms with Crippen molar-refractivity contribution in [2.24, 2.45) is 0 Å². The van der Waals surface area contributed by atoms with Crippen LogP contribution >= 0.6 is 0 Å². The van der Waals surface area contributed by atoms with Crippen molar-refractivity contribution in [3.8, 4) is 0 Å². The molecule has 124 valence electrons. The Hall–Kier alpha value is -2.68. The van der Waals surface area contributed by atoms with Gasteiger partial charge in [-0.3, -0.25) is 4.79 Å². The summed E-state index contributed by atoms with van der Waals surface area (Å²) < 4.78 is 5.21. The van der Waals surface area contributed by atoms with E-state index in [0.717, 1.165) is 11.1 Å². The van der Waals surface area contributed by atoms with Crippen molar-refractivity contribution in [3.63, 3.8) is 0 Å². The molecular weight excluding hydrogens is 300 g/mol. The van der Waals surface area contributed by atoms with Crippen molar-refractivity contribution in [3.05, 3.63) is 77.4 Å². The molecule has 0 aromatic heterocycles. The largest absolute Gasteiger partial charge is 0.457 e. The third kappa shape index (κ3) is 5.84. The van der Waals surface area contributed by atoms with Crippen molar-refractivity contribution < 1.29 is 14.3 Å². The van der Waals surface area contributed by atoms with Gasteiger partial charge in [-0.2, -0.15) is 0 Å². The number of hydrogen-bond donors (Lipinski definition) is 0. The molecule has 0 fully saturated rings. The van der Waals surface area contributed by atoms with Gasteiger partial charge in [0.1, 0.15) is 5.60 Å². The number of carbonyl (C=O) groups is 2. The lowest BCUT2D eigenvalue weighted by Crippen LogP contribution is -2.22. The molecule has 0 aliphatic carbocycles. The SMILES string of the molecule is CC(C)(C)OC(=O)/C=C/c1ccc(C(=O)Cc2ccccc2)cc1. The van der Waals surface area contributed by atoms with Crippen molar-refractivity contribution in [1.82, 2.24) is 0 Å². The van der Waals surface area contributed by atoms with Gasteiger partial charge in [0.25, 0.3) is 0 Å². The highest BCUT2D eigenvalue weighted by Gasteiger charge is 2.13. The average Bonchev–Trinajstić information content (AvgIpc) is 2.53. The van der Waals surface area contributed by atoms with Gasteiger partial charge >= 0.3 is 5.97 Å². The van der Waals surface area contributed by atoms with Crippen LogP contribution in [0, 0.1) is 0 Å². The van der Waals surface area contributed by atoms with E-state index in [1.807, 2.05) is 63.2 Å². The Balaban J connectivity index is 1.97. The number of carbonyl (C=O) groups excluding carboxylic acids is 2. The summed E-state index contributed by atoms with van der Waals surface area (Å²) >= 11 is 0. The van der Waals surface area contributed by atoms with Crippen LogP contribution in [-0.4, -0.2) is 17.4 Å². The molecule has 0 unspecified atom stereocenters. The number of ketones is 1. The maximum Gasteiger partial charge on any atom is 0.331 e. The fourth-order valence-electron chi connectivity index (χ4n) is 2.16. The van der Waals surface area contributed by atoms with Gasteiger partial charge in [0.05, 0.1) is 0 Å². The number of benzene rings is 2. The van der Waals surface area contributed by atoms with E-state index >= 15 is 0 Å². The molecule has 0 aliphatic heterocycles. The zero-order chi connectivity index (χ0) is 17.6. The summed E-state index contributed by atoms with van der Waals surface area (Å²) in [5.74, 6) is -0.310. The molecule has 0 saturated carbocycles. The van der Waals surface area contributed by atoms with E-state index in [-0.39, 0.29) is 11.8 Å². The zero-order valence-corrected chi connectivity index (χ0v) is 14.3. The second kappa shape index (κ2) is 7.73. The number of ether oxygens (including phenoxy) is 1.